The molecule has 0 heterocycles. The summed E-state index contributed by atoms with van der Waals surface area (Å²) in [4.78, 5) is 11.0. The number of halogens is 2. The van der Waals surface area contributed by atoms with Gasteiger partial charge in [0.2, 0.25) is 0 Å². The molecule has 106 valence electrons. The maximum Gasteiger partial charge on any atom is 0.405 e. The van der Waals surface area contributed by atoms with Crippen LogP contribution in [0.25, 0.3) is 0 Å². The van der Waals surface area contributed by atoms with Gasteiger partial charge in [0.15, 0.2) is 0 Å². The number of hydrogen-bond donors (Lipinski definition) is 1. The van der Waals surface area contributed by atoms with E-state index in [9.17, 15) is 9.18 Å². The number of hydrogen-bond acceptors (Lipinski definition) is 2. The van der Waals surface area contributed by atoms with Crippen molar-refractivity contribution >= 4 is 22.0 Å². The Morgan fingerprint density at radius 2 is 2.05 bits per heavy atom. The molecule has 2 N–H and O–H groups in total. The van der Waals surface area contributed by atoms with E-state index < -0.39 is 12.2 Å². The van der Waals surface area contributed by atoms with Gasteiger partial charge in [0.05, 0.1) is 0 Å². The largest absolute Gasteiger partial charge is 0.441 e. The van der Waals surface area contributed by atoms with Crippen molar-refractivity contribution in [2.45, 2.75) is 40.2 Å². The summed E-state index contributed by atoms with van der Waals surface area (Å²) in [5.41, 5.74) is 6.51. The van der Waals surface area contributed by atoms with Crippen molar-refractivity contribution in [1.82, 2.24) is 0 Å². The van der Waals surface area contributed by atoms with Crippen molar-refractivity contribution in [3.63, 3.8) is 0 Å². The monoisotopic (exact) mass is 331 g/mol. The van der Waals surface area contributed by atoms with Gasteiger partial charge in [0.1, 0.15) is 11.9 Å². The number of primary amides is 1. The van der Waals surface area contributed by atoms with E-state index in [1.165, 1.54) is 12.1 Å². The molecule has 1 atom stereocenters. The van der Waals surface area contributed by atoms with Crippen molar-refractivity contribution in [3.05, 3.63) is 33.5 Å². The second-order valence-corrected chi connectivity index (χ2v) is 6.65. The highest BCUT2D eigenvalue weighted by atomic mass is 79.9. The van der Waals surface area contributed by atoms with Crippen LogP contribution in [0.4, 0.5) is 9.18 Å². The standard InChI is InChI=1S/C14H19BrFNO2/c1-8-10(5-9(16)6-11(8)15)12(19-13(17)18)7-14(2,3)4/h5-6,12H,7H2,1-4H3,(H2,17,18)/t12-/m1/s1. The third-order valence-electron chi connectivity index (χ3n) is 2.75. The minimum absolute atomic E-state index is 0.0780. The molecule has 1 aromatic carbocycles. The molecular weight excluding hydrogens is 313 g/mol. The third kappa shape index (κ3) is 4.82. The molecule has 0 aliphatic carbocycles. The smallest absolute Gasteiger partial charge is 0.405 e. The molecule has 0 bridgehead atoms. The molecule has 0 radical (unpaired) electrons. The quantitative estimate of drug-likeness (QED) is 0.888. The van der Waals surface area contributed by atoms with Gasteiger partial charge in [-0.25, -0.2) is 9.18 Å². The van der Waals surface area contributed by atoms with E-state index in [4.69, 9.17) is 10.5 Å². The van der Waals surface area contributed by atoms with Gasteiger partial charge in [-0.3, -0.25) is 0 Å². The lowest BCUT2D eigenvalue weighted by atomic mass is 9.85. The summed E-state index contributed by atoms with van der Waals surface area (Å²) in [5, 5.41) is 0. The molecule has 0 spiro atoms. The Balaban J connectivity index is 3.20. The molecule has 19 heavy (non-hydrogen) atoms. The van der Waals surface area contributed by atoms with Crippen LogP contribution in [0.3, 0.4) is 0 Å². The fourth-order valence-corrected chi connectivity index (χ4v) is 2.36. The minimum Gasteiger partial charge on any atom is -0.441 e. The Bertz CT molecular complexity index is 483. The number of amides is 1. The van der Waals surface area contributed by atoms with E-state index in [-0.39, 0.29) is 11.2 Å². The van der Waals surface area contributed by atoms with Gasteiger partial charge >= 0.3 is 6.09 Å². The molecule has 1 aromatic rings. The van der Waals surface area contributed by atoms with Crippen LogP contribution in [0.2, 0.25) is 0 Å². The first-order chi connectivity index (χ1) is 8.60. The molecule has 0 saturated heterocycles. The molecule has 1 amide bonds. The molecule has 0 saturated carbocycles. The summed E-state index contributed by atoms with van der Waals surface area (Å²) < 4.78 is 19.3. The second-order valence-electron chi connectivity index (χ2n) is 5.79. The minimum atomic E-state index is -0.853. The lowest BCUT2D eigenvalue weighted by molar-refractivity contribution is 0.0783. The number of rotatable bonds is 3. The van der Waals surface area contributed by atoms with Crippen molar-refractivity contribution in [1.29, 1.82) is 0 Å². The molecule has 0 fully saturated rings. The average molecular weight is 332 g/mol. The molecule has 1 rings (SSSR count). The fourth-order valence-electron chi connectivity index (χ4n) is 1.91. The zero-order valence-electron chi connectivity index (χ0n) is 11.6. The summed E-state index contributed by atoms with van der Waals surface area (Å²) in [7, 11) is 0. The van der Waals surface area contributed by atoms with Crippen LogP contribution < -0.4 is 5.73 Å². The zero-order valence-corrected chi connectivity index (χ0v) is 13.2. The average Bonchev–Trinajstić information content (AvgIpc) is 2.19. The van der Waals surface area contributed by atoms with Gasteiger partial charge in [-0.1, -0.05) is 36.7 Å². The summed E-state index contributed by atoms with van der Waals surface area (Å²) >= 11 is 3.30. The third-order valence-corrected chi connectivity index (χ3v) is 3.58. The van der Waals surface area contributed by atoms with E-state index in [0.29, 0.717) is 16.5 Å². The van der Waals surface area contributed by atoms with E-state index >= 15 is 0 Å². The zero-order chi connectivity index (χ0) is 14.8. The highest BCUT2D eigenvalue weighted by molar-refractivity contribution is 9.10. The molecule has 0 aliphatic rings. The highest BCUT2D eigenvalue weighted by Gasteiger charge is 2.25. The topological polar surface area (TPSA) is 52.3 Å². The molecule has 0 aromatic heterocycles. The first kappa shape index (κ1) is 16.0. The predicted octanol–water partition coefficient (Wildman–Crippen LogP) is 4.47. The van der Waals surface area contributed by atoms with Crippen LogP contribution in [0.5, 0.6) is 0 Å². The van der Waals surface area contributed by atoms with Gasteiger partial charge in [-0.05, 0) is 42.0 Å². The van der Waals surface area contributed by atoms with Gasteiger partial charge < -0.3 is 10.5 Å². The maximum atomic E-state index is 13.5. The number of carbonyl (C=O) groups is 1. The van der Waals surface area contributed by atoms with E-state index in [1.54, 1.807) is 0 Å². The van der Waals surface area contributed by atoms with Gasteiger partial charge in [0, 0.05) is 4.47 Å². The lowest BCUT2D eigenvalue weighted by Crippen LogP contribution is -2.22. The van der Waals surface area contributed by atoms with Crippen LogP contribution in [-0.4, -0.2) is 6.09 Å². The number of carbonyl (C=O) groups excluding carboxylic acids is 1. The number of ether oxygens (including phenoxy) is 1. The summed E-state index contributed by atoms with van der Waals surface area (Å²) in [6.45, 7) is 7.91. The van der Waals surface area contributed by atoms with Crippen LogP contribution in [0.15, 0.2) is 16.6 Å². The van der Waals surface area contributed by atoms with E-state index in [2.05, 4.69) is 15.9 Å². The molecule has 0 aliphatic heterocycles. The van der Waals surface area contributed by atoms with Crippen molar-refractivity contribution in [2.24, 2.45) is 11.1 Å². The maximum absolute atomic E-state index is 13.5. The highest BCUT2D eigenvalue weighted by Crippen LogP contribution is 2.36. The Morgan fingerprint density at radius 1 is 1.47 bits per heavy atom. The van der Waals surface area contributed by atoms with Crippen LogP contribution >= 0.6 is 15.9 Å². The van der Waals surface area contributed by atoms with Crippen molar-refractivity contribution in [2.75, 3.05) is 0 Å². The van der Waals surface area contributed by atoms with Crippen LogP contribution in [0, 0.1) is 18.2 Å². The fraction of sp³-hybridized carbons (Fsp3) is 0.500. The first-order valence-electron chi connectivity index (χ1n) is 6.02. The Kier molecular flexibility index (Phi) is 4.96. The Hall–Kier alpha value is -1.10. The van der Waals surface area contributed by atoms with Crippen molar-refractivity contribution in [3.8, 4) is 0 Å². The van der Waals surface area contributed by atoms with Crippen LogP contribution in [0.1, 0.15) is 44.4 Å². The molecule has 3 nitrogen and oxygen atoms in total. The predicted molar refractivity (Wildman–Crippen MR) is 76.3 cm³/mol. The lowest BCUT2D eigenvalue weighted by Gasteiger charge is -2.27. The second kappa shape index (κ2) is 5.90. The Morgan fingerprint density at radius 3 is 2.53 bits per heavy atom. The SMILES string of the molecule is Cc1c(Br)cc(F)cc1[C@@H](CC(C)(C)C)OC(N)=O. The summed E-state index contributed by atoms with van der Waals surface area (Å²) in [6.07, 6.45) is -0.842. The summed E-state index contributed by atoms with van der Waals surface area (Å²) in [5.74, 6) is -0.376. The normalized spacial score (nSPS) is 13.2. The molecule has 0 unspecified atom stereocenters. The Labute approximate surface area is 121 Å². The van der Waals surface area contributed by atoms with E-state index in [0.717, 1.165) is 5.56 Å². The summed E-state index contributed by atoms with van der Waals surface area (Å²) in [6, 6.07) is 2.77. The van der Waals surface area contributed by atoms with Gasteiger partial charge in [-0.15, -0.1) is 0 Å². The molecule has 5 heteroatoms. The van der Waals surface area contributed by atoms with Crippen LogP contribution in [-0.2, 0) is 4.74 Å². The first-order valence-corrected chi connectivity index (χ1v) is 6.81. The van der Waals surface area contributed by atoms with Gasteiger partial charge in [0.25, 0.3) is 0 Å². The van der Waals surface area contributed by atoms with Gasteiger partial charge in [-0.2, -0.15) is 0 Å². The van der Waals surface area contributed by atoms with E-state index in [1.807, 2.05) is 27.7 Å². The van der Waals surface area contributed by atoms with Crippen molar-refractivity contribution < 1.29 is 13.9 Å². The number of benzene rings is 1. The molecular formula is C14H19BrFNO2. The number of nitrogens with two attached hydrogens (primary N) is 1.